The third-order valence-electron chi connectivity index (χ3n) is 3.58. The van der Waals surface area contributed by atoms with Gasteiger partial charge in [0.25, 0.3) is 0 Å². The molecule has 0 amide bonds. The van der Waals surface area contributed by atoms with Gasteiger partial charge in [-0.1, -0.05) is 12.1 Å². The van der Waals surface area contributed by atoms with E-state index < -0.39 is 5.60 Å². The number of hydrogen-bond acceptors (Lipinski definition) is 3. The van der Waals surface area contributed by atoms with Crippen LogP contribution in [0.5, 0.6) is 0 Å². The molecule has 0 aliphatic carbocycles. The van der Waals surface area contributed by atoms with Crippen molar-refractivity contribution in [3.05, 3.63) is 34.1 Å². The number of carbonyl (C=O) groups excluding carboxylic acids is 1. The van der Waals surface area contributed by atoms with E-state index in [0.29, 0.717) is 36.1 Å². The first-order valence-corrected chi connectivity index (χ1v) is 6.97. The number of methoxy groups -OCH3 is 1. The molecule has 1 aliphatic heterocycles. The standard InChI is InChI=1S/C14H16BrFO3/c1-18-14(5-7-19-8-6-14)12(17)9-10-3-2-4-11(16)13(10)15/h2-4H,5-9H2,1H3. The van der Waals surface area contributed by atoms with Crippen LogP contribution in [-0.2, 0) is 20.7 Å². The fraction of sp³-hybridized carbons (Fsp3) is 0.500. The van der Waals surface area contributed by atoms with Crippen LogP contribution in [-0.4, -0.2) is 31.7 Å². The molecule has 1 aliphatic rings. The number of ketones is 1. The van der Waals surface area contributed by atoms with Crippen molar-refractivity contribution >= 4 is 21.7 Å². The van der Waals surface area contributed by atoms with Gasteiger partial charge in [-0.3, -0.25) is 4.79 Å². The highest BCUT2D eigenvalue weighted by Gasteiger charge is 2.39. The zero-order chi connectivity index (χ0) is 13.9. The minimum atomic E-state index is -0.788. The minimum absolute atomic E-state index is 0.0235. The van der Waals surface area contributed by atoms with Crippen LogP contribution in [0.4, 0.5) is 4.39 Å². The summed E-state index contributed by atoms with van der Waals surface area (Å²) in [6.45, 7) is 1.04. The molecule has 0 radical (unpaired) electrons. The second-order valence-corrected chi connectivity index (χ2v) is 5.42. The van der Waals surface area contributed by atoms with Crippen LogP contribution in [0.15, 0.2) is 22.7 Å². The van der Waals surface area contributed by atoms with Crippen molar-refractivity contribution in [3.8, 4) is 0 Å². The van der Waals surface area contributed by atoms with Gasteiger partial charge in [-0.25, -0.2) is 4.39 Å². The summed E-state index contributed by atoms with van der Waals surface area (Å²) in [5.74, 6) is -0.381. The molecule has 1 aromatic rings. The van der Waals surface area contributed by atoms with Gasteiger partial charge < -0.3 is 9.47 Å². The Balaban J connectivity index is 2.17. The molecule has 2 rings (SSSR count). The molecule has 1 heterocycles. The number of benzene rings is 1. The van der Waals surface area contributed by atoms with E-state index >= 15 is 0 Å². The monoisotopic (exact) mass is 330 g/mol. The van der Waals surface area contributed by atoms with Gasteiger partial charge in [-0.05, 0) is 27.6 Å². The van der Waals surface area contributed by atoms with Crippen LogP contribution < -0.4 is 0 Å². The second kappa shape index (κ2) is 6.11. The molecule has 0 unspecified atom stereocenters. The fourth-order valence-electron chi connectivity index (χ4n) is 2.32. The Morgan fingerprint density at radius 2 is 2.16 bits per heavy atom. The van der Waals surface area contributed by atoms with E-state index in [0.717, 1.165) is 0 Å². The molecule has 0 N–H and O–H groups in total. The van der Waals surface area contributed by atoms with E-state index in [1.54, 1.807) is 19.2 Å². The van der Waals surface area contributed by atoms with Gasteiger partial charge in [0, 0.05) is 39.6 Å². The summed E-state index contributed by atoms with van der Waals surface area (Å²) < 4.78 is 24.5. The van der Waals surface area contributed by atoms with Crippen LogP contribution in [0.3, 0.4) is 0 Å². The SMILES string of the molecule is COC1(C(=O)Cc2cccc(F)c2Br)CCOCC1. The lowest BCUT2D eigenvalue weighted by molar-refractivity contribution is -0.151. The smallest absolute Gasteiger partial charge is 0.169 e. The van der Waals surface area contributed by atoms with Gasteiger partial charge in [0.05, 0.1) is 4.47 Å². The molecule has 1 fully saturated rings. The maximum absolute atomic E-state index is 13.4. The van der Waals surface area contributed by atoms with Gasteiger partial charge >= 0.3 is 0 Å². The molecule has 0 atom stereocenters. The van der Waals surface area contributed by atoms with Crippen molar-refractivity contribution in [1.29, 1.82) is 0 Å². The predicted molar refractivity (Wildman–Crippen MR) is 72.6 cm³/mol. The first-order chi connectivity index (χ1) is 9.09. The molecular formula is C14H16BrFO3. The lowest BCUT2D eigenvalue weighted by Crippen LogP contribution is -2.46. The summed E-state index contributed by atoms with van der Waals surface area (Å²) in [5.41, 5.74) is -0.141. The summed E-state index contributed by atoms with van der Waals surface area (Å²) in [4.78, 5) is 12.5. The average molecular weight is 331 g/mol. The lowest BCUT2D eigenvalue weighted by atomic mass is 9.86. The highest BCUT2D eigenvalue weighted by Crippen LogP contribution is 2.29. The Morgan fingerprint density at radius 1 is 1.47 bits per heavy atom. The van der Waals surface area contributed by atoms with Crippen LogP contribution >= 0.6 is 15.9 Å². The number of Topliss-reactive ketones (excluding diaryl/α,β-unsaturated/α-hetero) is 1. The van der Waals surface area contributed by atoms with Gasteiger partial charge in [0.2, 0.25) is 0 Å². The zero-order valence-corrected chi connectivity index (χ0v) is 12.3. The van der Waals surface area contributed by atoms with Gasteiger partial charge in [-0.2, -0.15) is 0 Å². The summed E-state index contributed by atoms with van der Waals surface area (Å²) >= 11 is 3.18. The molecule has 0 saturated carbocycles. The quantitative estimate of drug-likeness (QED) is 0.851. The summed E-state index contributed by atoms with van der Waals surface area (Å²) in [7, 11) is 1.55. The van der Waals surface area contributed by atoms with Gasteiger partial charge in [0.15, 0.2) is 5.78 Å². The molecule has 0 bridgehead atoms. The fourth-order valence-corrected chi connectivity index (χ4v) is 2.72. The Bertz CT molecular complexity index is 470. The molecule has 5 heteroatoms. The summed E-state index contributed by atoms with van der Waals surface area (Å²) in [6.07, 6.45) is 1.26. The van der Waals surface area contributed by atoms with Crippen LogP contribution in [0.1, 0.15) is 18.4 Å². The highest BCUT2D eigenvalue weighted by atomic mass is 79.9. The molecular weight excluding hydrogens is 315 g/mol. The van der Waals surface area contributed by atoms with E-state index in [9.17, 15) is 9.18 Å². The normalized spacial score (nSPS) is 18.3. The number of rotatable bonds is 4. The Kier molecular flexibility index (Phi) is 4.71. The van der Waals surface area contributed by atoms with Gasteiger partial charge in [0.1, 0.15) is 11.4 Å². The molecule has 1 saturated heterocycles. The number of ether oxygens (including phenoxy) is 2. The summed E-state index contributed by atoms with van der Waals surface area (Å²) in [6, 6.07) is 4.71. The molecule has 0 aromatic heterocycles. The van der Waals surface area contributed by atoms with E-state index in [2.05, 4.69) is 15.9 Å². The Labute approximate surface area is 120 Å². The highest BCUT2D eigenvalue weighted by molar-refractivity contribution is 9.10. The zero-order valence-electron chi connectivity index (χ0n) is 10.7. The lowest BCUT2D eigenvalue weighted by Gasteiger charge is -2.34. The van der Waals surface area contributed by atoms with E-state index in [1.165, 1.54) is 6.07 Å². The number of halogens is 2. The number of hydrogen-bond donors (Lipinski definition) is 0. The van der Waals surface area contributed by atoms with Crippen molar-refractivity contribution in [2.45, 2.75) is 24.9 Å². The number of carbonyl (C=O) groups is 1. The first kappa shape index (κ1) is 14.6. The maximum atomic E-state index is 13.4. The predicted octanol–water partition coefficient (Wildman–Crippen LogP) is 2.90. The third-order valence-corrected chi connectivity index (χ3v) is 4.47. The molecule has 3 nitrogen and oxygen atoms in total. The van der Waals surface area contributed by atoms with Crippen molar-refractivity contribution in [1.82, 2.24) is 0 Å². The van der Waals surface area contributed by atoms with E-state index in [4.69, 9.17) is 9.47 Å². The van der Waals surface area contributed by atoms with Crippen LogP contribution in [0.2, 0.25) is 0 Å². The first-order valence-electron chi connectivity index (χ1n) is 6.18. The van der Waals surface area contributed by atoms with Gasteiger partial charge in [-0.15, -0.1) is 0 Å². The molecule has 104 valence electrons. The van der Waals surface area contributed by atoms with E-state index in [-0.39, 0.29) is 18.0 Å². The largest absolute Gasteiger partial charge is 0.381 e. The molecule has 1 aromatic carbocycles. The molecule has 0 spiro atoms. The van der Waals surface area contributed by atoms with Crippen LogP contribution in [0.25, 0.3) is 0 Å². The second-order valence-electron chi connectivity index (χ2n) is 4.62. The Hall–Kier alpha value is -0.780. The minimum Gasteiger partial charge on any atom is -0.381 e. The van der Waals surface area contributed by atoms with Crippen molar-refractivity contribution in [2.75, 3.05) is 20.3 Å². The third kappa shape index (κ3) is 3.04. The maximum Gasteiger partial charge on any atom is 0.169 e. The van der Waals surface area contributed by atoms with E-state index in [1.807, 2.05) is 0 Å². The topological polar surface area (TPSA) is 35.5 Å². The van der Waals surface area contributed by atoms with Crippen molar-refractivity contribution in [3.63, 3.8) is 0 Å². The summed E-state index contributed by atoms with van der Waals surface area (Å²) in [5, 5.41) is 0. The van der Waals surface area contributed by atoms with Crippen LogP contribution in [0, 0.1) is 5.82 Å². The average Bonchev–Trinajstić information content (AvgIpc) is 2.44. The van der Waals surface area contributed by atoms with Crippen molar-refractivity contribution in [2.24, 2.45) is 0 Å². The molecule has 19 heavy (non-hydrogen) atoms. The Morgan fingerprint density at radius 3 is 2.79 bits per heavy atom. The van der Waals surface area contributed by atoms with Crippen molar-refractivity contribution < 1.29 is 18.7 Å².